The lowest BCUT2D eigenvalue weighted by atomic mass is 10.1. The monoisotopic (exact) mass is 365 g/mol. The van der Waals surface area contributed by atoms with Gasteiger partial charge in [0.1, 0.15) is 5.75 Å². The molecule has 3 rings (SSSR count). The molecule has 0 amide bonds. The molecule has 128 valence electrons. The number of carbonyl (C=O) groups is 1. The summed E-state index contributed by atoms with van der Waals surface area (Å²) >= 11 is 5.77. The summed E-state index contributed by atoms with van der Waals surface area (Å²) in [5, 5.41) is 0.732. The van der Waals surface area contributed by atoms with Gasteiger partial charge in [-0.05, 0) is 36.4 Å². The summed E-state index contributed by atoms with van der Waals surface area (Å²) in [5.74, 6) is -0.494. The molecule has 0 bridgehead atoms. The highest BCUT2D eigenvalue weighted by Crippen LogP contribution is 2.30. The largest absolute Gasteiger partial charge is 0.423 e. The SMILES string of the molecule is O=C(Oc1ccc(C(F)(F)F)cc1)c1cccc2ccc(CCl)nc12. The zero-order chi connectivity index (χ0) is 18.0. The lowest BCUT2D eigenvalue weighted by molar-refractivity contribution is -0.137. The van der Waals surface area contributed by atoms with Gasteiger partial charge in [-0.15, -0.1) is 11.6 Å². The van der Waals surface area contributed by atoms with Crippen molar-refractivity contribution in [1.29, 1.82) is 0 Å². The van der Waals surface area contributed by atoms with Crippen molar-refractivity contribution in [3.63, 3.8) is 0 Å². The smallest absolute Gasteiger partial charge is 0.416 e. The summed E-state index contributed by atoms with van der Waals surface area (Å²) in [5.41, 5.74) is 0.428. The molecule has 0 N–H and O–H groups in total. The highest BCUT2D eigenvalue weighted by molar-refractivity contribution is 6.17. The molecule has 0 spiro atoms. The Labute approximate surface area is 146 Å². The second-order valence-electron chi connectivity index (χ2n) is 5.23. The van der Waals surface area contributed by atoms with Crippen LogP contribution in [0.15, 0.2) is 54.6 Å². The Morgan fingerprint density at radius 3 is 2.40 bits per heavy atom. The van der Waals surface area contributed by atoms with Gasteiger partial charge in [0.2, 0.25) is 0 Å². The predicted octanol–water partition coefficient (Wildman–Crippen LogP) is 5.21. The first-order valence-corrected chi connectivity index (χ1v) is 7.76. The van der Waals surface area contributed by atoms with Crippen molar-refractivity contribution in [2.24, 2.45) is 0 Å². The van der Waals surface area contributed by atoms with Gasteiger partial charge < -0.3 is 4.74 Å². The van der Waals surface area contributed by atoms with Crippen molar-refractivity contribution >= 4 is 28.5 Å². The first-order chi connectivity index (χ1) is 11.9. The summed E-state index contributed by atoms with van der Waals surface area (Å²) in [6.07, 6.45) is -4.44. The van der Waals surface area contributed by atoms with Gasteiger partial charge in [-0.25, -0.2) is 4.79 Å². The Hall–Kier alpha value is -2.60. The Bertz CT molecular complexity index is 924. The molecule has 25 heavy (non-hydrogen) atoms. The van der Waals surface area contributed by atoms with E-state index >= 15 is 0 Å². The number of ether oxygens (including phenoxy) is 1. The van der Waals surface area contributed by atoms with E-state index in [1.807, 2.05) is 0 Å². The molecule has 0 saturated heterocycles. The molecular formula is C18H11ClF3NO2. The van der Waals surface area contributed by atoms with Crippen LogP contribution < -0.4 is 4.74 Å². The average molecular weight is 366 g/mol. The molecule has 0 unspecified atom stereocenters. The van der Waals surface area contributed by atoms with E-state index in [-0.39, 0.29) is 17.2 Å². The van der Waals surface area contributed by atoms with Gasteiger partial charge in [0, 0.05) is 5.39 Å². The fourth-order valence-electron chi connectivity index (χ4n) is 2.30. The Kier molecular flexibility index (Phi) is 4.63. The molecule has 0 aliphatic carbocycles. The van der Waals surface area contributed by atoms with Crippen LogP contribution >= 0.6 is 11.6 Å². The molecule has 1 aromatic heterocycles. The Morgan fingerprint density at radius 1 is 1.04 bits per heavy atom. The third-order valence-electron chi connectivity index (χ3n) is 3.53. The maximum atomic E-state index is 12.6. The first-order valence-electron chi connectivity index (χ1n) is 7.22. The van der Waals surface area contributed by atoms with Crippen molar-refractivity contribution in [2.75, 3.05) is 0 Å². The van der Waals surface area contributed by atoms with E-state index < -0.39 is 17.7 Å². The molecule has 1 heterocycles. The van der Waals surface area contributed by atoms with E-state index in [9.17, 15) is 18.0 Å². The van der Waals surface area contributed by atoms with Crippen molar-refractivity contribution < 1.29 is 22.7 Å². The maximum Gasteiger partial charge on any atom is 0.416 e. The topological polar surface area (TPSA) is 39.2 Å². The van der Waals surface area contributed by atoms with E-state index in [4.69, 9.17) is 16.3 Å². The van der Waals surface area contributed by atoms with Gasteiger partial charge in [-0.2, -0.15) is 13.2 Å². The minimum atomic E-state index is -4.44. The zero-order valence-electron chi connectivity index (χ0n) is 12.7. The van der Waals surface area contributed by atoms with Gasteiger partial charge in [-0.1, -0.05) is 18.2 Å². The molecule has 0 fully saturated rings. The number of halogens is 4. The van der Waals surface area contributed by atoms with Crippen molar-refractivity contribution in [3.8, 4) is 5.75 Å². The van der Waals surface area contributed by atoms with Gasteiger partial charge in [0.25, 0.3) is 0 Å². The first kappa shape index (κ1) is 17.2. The lowest BCUT2D eigenvalue weighted by Gasteiger charge is -2.09. The molecule has 3 nitrogen and oxygen atoms in total. The van der Waals surface area contributed by atoms with Crippen molar-refractivity contribution in [2.45, 2.75) is 12.1 Å². The average Bonchev–Trinajstić information content (AvgIpc) is 2.60. The minimum Gasteiger partial charge on any atom is -0.423 e. The highest BCUT2D eigenvalue weighted by atomic mass is 35.5. The second kappa shape index (κ2) is 6.72. The van der Waals surface area contributed by atoms with E-state index in [1.165, 1.54) is 0 Å². The fraction of sp³-hybridized carbons (Fsp3) is 0.111. The zero-order valence-corrected chi connectivity index (χ0v) is 13.4. The number of aromatic nitrogens is 1. The standard InChI is InChI=1S/C18H11ClF3NO2/c19-10-13-7-4-11-2-1-3-15(16(11)23-13)17(24)25-14-8-5-12(6-9-14)18(20,21)22/h1-9H,10H2. The molecule has 0 atom stereocenters. The molecule has 0 aliphatic rings. The van der Waals surface area contributed by atoms with Crippen LogP contribution in [0.2, 0.25) is 0 Å². The second-order valence-corrected chi connectivity index (χ2v) is 5.49. The molecule has 7 heteroatoms. The van der Waals surface area contributed by atoms with Crippen LogP contribution in [0.3, 0.4) is 0 Å². The summed E-state index contributed by atoms with van der Waals surface area (Å²) in [7, 11) is 0. The number of nitrogens with zero attached hydrogens (tertiary/aromatic N) is 1. The quantitative estimate of drug-likeness (QED) is 0.363. The number of hydrogen-bond acceptors (Lipinski definition) is 3. The Balaban J connectivity index is 1.90. The molecule has 0 radical (unpaired) electrons. The van der Waals surface area contributed by atoms with Crippen molar-refractivity contribution in [1.82, 2.24) is 4.98 Å². The van der Waals surface area contributed by atoms with Gasteiger partial charge in [0.15, 0.2) is 0 Å². The van der Waals surface area contributed by atoms with E-state index in [1.54, 1.807) is 30.3 Å². The molecule has 2 aromatic carbocycles. The molecular weight excluding hydrogens is 355 g/mol. The van der Waals surface area contributed by atoms with Crippen LogP contribution in [0.1, 0.15) is 21.6 Å². The van der Waals surface area contributed by atoms with E-state index in [2.05, 4.69) is 4.98 Å². The van der Waals surface area contributed by atoms with E-state index in [0.29, 0.717) is 11.2 Å². The Morgan fingerprint density at radius 2 is 1.76 bits per heavy atom. The number of pyridine rings is 1. The summed E-state index contributed by atoms with van der Waals surface area (Å²) in [6.45, 7) is 0. The number of para-hydroxylation sites is 1. The van der Waals surface area contributed by atoms with Crippen LogP contribution in [-0.4, -0.2) is 11.0 Å². The third-order valence-corrected chi connectivity index (χ3v) is 3.80. The number of benzene rings is 2. The number of alkyl halides is 4. The fourth-order valence-corrected chi connectivity index (χ4v) is 2.45. The number of rotatable bonds is 3. The number of esters is 1. The third kappa shape index (κ3) is 3.74. The predicted molar refractivity (Wildman–Crippen MR) is 87.7 cm³/mol. The van der Waals surface area contributed by atoms with Gasteiger partial charge >= 0.3 is 12.1 Å². The molecule has 3 aromatic rings. The number of fused-ring (bicyclic) bond motifs is 1. The van der Waals surface area contributed by atoms with Crippen LogP contribution in [0.25, 0.3) is 10.9 Å². The van der Waals surface area contributed by atoms with Crippen LogP contribution in [-0.2, 0) is 12.1 Å². The minimum absolute atomic E-state index is 0.0171. The normalized spacial score (nSPS) is 11.5. The summed E-state index contributed by atoms with van der Waals surface area (Å²) in [4.78, 5) is 16.7. The lowest BCUT2D eigenvalue weighted by Crippen LogP contribution is -2.10. The summed E-state index contributed by atoms with van der Waals surface area (Å²) in [6, 6.07) is 12.5. The molecule has 0 saturated carbocycles. The summed E-state index contributed by atoms with van der Waals surface area (Å²) < 4.78 is 42.9. The van der Waals surface area contributed by atoms with Crippen LogP contribution in [0, 0.1) is 0 Å². The van der Waals surface area contributed by atoms with Crippen LogP contribution in [0.4, 0.5) is 13.2 Å². The van der Waals surface area contributed by atoms with Crippen LogP contribution in [0.5, 0.6) is 5.75 Å². The molecule has 0 aliphatic heterocycles. The van der Waals surface area contributed by atoms with Crippen molar-refractivity contribution in [3.05, 3.63) is 71.4 Å². The number of hydrogen-bond donors (Lipinski definition) is 0. The maximum absolute atomic E-state index is 12.6. The highest BCUT2D eigenvalue weighted by Gasteiger charge is 2.30. The van der Waals surface area contributed by atoms with Gasteiger partial charge in [-0.3, -0.25) is 4.98 Å². The van der Waals surface area contributed by atoms with E-state index in [0.717, 1.165) is 29.7 Å². The van der Waals surface area contributed by atoms with Gasteiger partial charge in [0.05, 0.1) is 28.2 Å². The number of carbonyl (C=O) groups excluding carboxylic acids is 1.